The minimum absolute atomic E-state index is 0.0197. The maximum absolute atomic E-state index is 13.9. The summed E-state index contributed by atoms with van der Waals surface area (Å²) in [6.45, 7) is 6.17. The van der Waals surface area contributed by atoms with Crippen LogP contribution in [0.5, 0.6) is 17.2 Å². The summed E-state index contributed by atoms with van der Waals surface area (Å²) in [4.78, 5) is 30.6. The summed E-state index contributed by atoms with van der Waals surface area (Å²) < 4.78 is 13.8. The predicted octanol–water partition coefficient (Wildman–Crippen LogP) is 6.55. The number of urea groups is 1. The summed E-state index contributed by atoms with van der Waals surface area (Å²) >= 11 is 0. The molecule has 1 aliphatic rings. The monoisotopic (exact) mass is 552 g/mol. The van der Waals surface area contributed by atoms with E-state index in [9.17, 15) is 9.59 Å². The number of fused-ring (bicyclic) bond motifs is 1. The van der Waals surface area contributed by atoms with Gasteiger partial charge in [0.1, 0.15) is 23.8 Å². The number of amides is 3. The minimum Gasteiger partial charge on any atom is -0.494 e. The lowest BCUT2D eigenvalue weighted by atomic mass is 9.99. The van der Waals surface area contributed by atoms with Crippen LogP contribution in [-0.4, -0.2) is 52.5 Å². The van der Waals surface area contributed by atoms with Gasteiger partial charge in [0, 0.05) is 37.2 Å². The lowest BCUT2D eigenvalue weighted by molar-refractivity contribution is -0.134. The van der Waals surface area contributed by atoms with E-state index < -0.39 is 0 Å². The summed E-state index contributed by atoms with van der Waals surface area (Å²) in [5.74, 6) is 2.09. The molecule has 1 aromatic heterocycles. The molecule has 0 bridgehead atoms. The second-order valence-electron chi connectivity index (χ2n) is 9.91. The van der Waals surface area contributed by atoms with Crippen molar-refractivity contribution in [2.24, 2.45) is 0 Å². The number of benzene rings is 3. The SMILES string of the molecule is CCCN(CC(=O)N1CCn2cccc2[C@@H]1c1cccc(Oc2ccccc2)c1)C(=O)Nc1ccc(OCC)cc1. The van der Waals surface area contributed by atoms with Gasteiger partial charge in [-0.3, -0.25) is 4.79 Å². The fraction of sp³-hybridized carbons (Fsp3) is 0.273. The molecule has 2 heterocycles. The first-order valence-electron chi connectivity index (χ1n) is 14.1. The first-order chi connectivity index (χ1) is 20.1. The third-order valence-corrected chi connectivity index (χ3v) is 7.03. The number of aromatic nitrogens is 1. The van der Waals surface area contributed by atoms with Gasteiger partial charge in [-0.05, 0) is 79.6 Å². The molecule has 0 spiro atoms. The molecule has 41 heavy (non-hydrogen) atoms. The van der Waals surface area contributed by atoms with Crippen LogP contribution in [0.4, 0.5) is 10.5 Å². The fourth-order valence-electron chi connectivity index (χ4n) is 5.16. The molecular weight excluding hydrogens is 516 g/mol. The van der Waals surface area contributed by atoms with Crippen molar-refractivity contribution in [3.8, 4) is 17.2 Å². The van der Waals surface area contributed by atoms with E-state index in [0.717, 1.165) is 29.2 Å². The molecule has 212 valence electrons. The Kier molecular flexibility index (Phi) is 8.89. The van der Waals surface area contributed by atoms with Crippen molar-refractivity contribution in [3.05, 3.63) is 108 Å². The topological polar surface area (TPSA) is 76.0 Å². The van der Waals surface area contributed by atoms with Crippen molar-refractivity contribution in [3.63, 3.8) is 0 Å². The number of nitrogens with zero attached hydrogens (tertiary/aromatic N) is 3. The normalized spacial score (nSPS) is 14.2. The molecule has 0 radical (unpaired) electrons. The van der Waals surface area contributed by atoms with Gasteiger partial charge in [-0.2, -0.15) is 0 Å². The highest BCUT2D eigenvalue weighted by Crippen LogP contribution is 2.35. The van der Waals surface area contributed by atoms with E-state index in [0.29, 0.717) is 37.7 Å². The van der Waals surface area contributed by atoms with Crippen molar-refractivity contribution < 1.29 is 19.1 Å². The van der Waals surface area contributed by atoms with Crippen LogP contribution in [0.15, 0.2) is 97.2 Å². The van der Waals surface area contributed by atoms with Crippen molar-refractivity contribution in [2.75, 3.05) is 31.6 Å². The van der Waals surface area contributed by atoms with Gasteiger partial charge in [-0.15, -0.1) is 0 Å². The van der Waals surface area contributed by atoms with Crippen molar-refractivity contribution in [2.45, 2.75) is 32.9 Å². The number of anilines is 1. The zero-order valence-corrected chi connectivity index (χ0v) is 23.5. The van der Waals surface area contributed by atoms with Crippen LogP contribution in [0, 0.1) is 0 Å². The molecule has 4 aromatic rings. The number of carbonyl (C=O) groups is 2. The van der Waals surface area contributed by atoms with Gasteiger partial charge >= 0.3 is 6.03 Å². The molecule has 3 amide bonds. The van der Waals surface area contributed by atoms with Crippen LogP contribution in [0.1, 0.15) is 37.6 Å². The number of rotatable bonds is 10. The van der Waals surface area contributed by atoms with E-state index in [1.165, 1.54) is 0 Å². The first kappa shape index (κ1) is 27.8. The standard InChI is InChI=1S/C33H36N4O4/c1-3-19-36(33(39)34-26-15-17-27(18-16-26)40-4-2)24-31(38)37-22-21-35-20-9-14-30(35)32(37)25-10-8-13-29(23-25)41-28-11-6-5-7-12-28/h5-18,20,23,32H,3-4,19,21-22,24H2,1-2H3,(H,34,39)/t32-/m0/s1. The Labute approximate surface area is 241 Å². The van der Waals surface area contributed by atoms with Crippen LogP contribution in [0.2, 0.25) is 0 Å². The van der Waals surface area contributed by atoms with Crippen LogP contribution < -0.4 is 14.8 Å². The van der Waals surface area contributed by atoms with Crippen molar-refractivity contribution >= 4 is 17.6 Å². The minimum atomic E-state index is -0.306. The molecule has 8 nitrogen and oxygen atoms in total. The van der Waals surface area contributed by atoms with Crippen molar-refractivity contribution in [1.29, 1.82) is 0 Å². The molecule has 1 aliphatic heterocycles. The number of hydrogen-bond acceptors (Lipinski definition) is 4. The highest BCUT2D eigenvalue weighted by Gasteiger charge is 2.33. The maximum Gasteiger partial charge on any atom is 0.322 e. The first-order valence-corrected chi connectivity index (χ1v) is 14.1. The molecule has 5 rings (SSSR count). The molecule has 1 atom stereocenters. The summed E-state index contributed by atoms with van der Waals surface area (Å²) in [5.41, 5.74) is 2.63. The Morgan fingerprint density at radius 2 is 1.66 bits per heavy atom. The molecule has 0 fully saturated rings. The average molecular weight is 553 g/mol. The highest BCUT2D eigenvalue weighted by atomic mass is 16.5. The maximum atomic E-state index is 13.9. The third kappa shape index (κ3) is 6.72. The van der Waals surface area contributed by atoms with E-state index in [1.54, 1.807) is 17.0 Å². The van der Waals surface area contributed by atoms with Gasteiger partial charge in [-0.1, -0.05) is 37.3 Å². The Morgan fingerprint density at radius 3 is 2.41 bits per heavy atom. The number of hydrogen-bond donors (Lipinski definition) is 1. The van der Waals surface area contributed by atoms with E-state index in [1.807, 2.05) is 97.7 Å². The van der Waals surface area contributed by atoms with E-state index in [4.69, 9.17) is 9.47 Å². The lowest BCUT2D eigenvalue weighted by Gasteiger charge is -2.38. The van der Waals surface area contributed by atoms with E-state index in [2.05, 4.69) is 16.0 Å². The molecule has 0 aliphatic carbocycles. The average Bonchev–Trinajstić information content (AvgIpc) is 3.47. The Morgan fingerprint density at radius 1 is 0.878 bits per heavy atom. The second kappa shape index (κ2) is 13.1. The van der Waals surface area contributed by atoms with E-state index in [-0.39, 0.29) is 24.5 Å². The lowest BCUT2D eigenvalue weighted by Crippen LogP contribution is -2.48. The van der Waals surface area contributed by atoms with Crippen LogP contribution >= 0.6 is 0 Å². The van der Waals surface area contributed by atoms with Gasteiger partial charge < -0.3 is 29.2 Å². The quantitative estimate of drug-likeness (QED) is 0.242. The zero-order valence-electron chi connectivity index (χ0n) is 23.5. The number of para-hydroxylation sites is 1. The summed E-state index contributed by atoms with van der Waals surface area (Å²) in [7, 11) is 0. The van der Waals surface area contributed by atoms with Gasteiger partial charge in [0.2, 0.25) is 5.91 Å². The fourth-order valence-corrected chi connectivity index (χ4v) is 5.16. The Balaban J connectivity index is 1.35. The molecule has 0 saturated heterocycles. The summed E-state index contributed by atoms with van der Waals surface area (Å²) in [5, 5.41) is 2.93. The number of carbonyl (C=O) groups excluding carboxylic acids is 2. The smallest absolute Gasteiger partial charge is 0.322 e. The largest absolute Gasteiger partial charge is 0.494 e. The molecule has 8 heteroatoms. The van der Waals surface area contributed by atoms with Crippen molar-refractivity contribution in [1.82, 2.24) is 14.4 Å². The molecule has 0 unspecified atom stereocenters. The predicted molar refractivity (Wildman–Crippen MR) is 159 cm³/mol. The van der Waals surface area contributed by atoms with Gasteiger partial charge in [0.25, 0.3) is 0 Å². The van der Waals surface area contributed by atoms with Gasteiger partial charge in [0.15, 0.2) is 0 Å². The number of ether oxygens (including phenoxy) is 2. The third-order valence-electron chi connectivity index (χ3n) is 7.03. The number of nitrogens with one attached hydrogen (secondary N) is 1. The van der Waals surface area contributed by atoms with Gasteiger partial charge in [-0.25, -0.2) is 4.79 Å². The molecular formula is C33H36N4O4. The summed E-state index contributed by atoms with van der Waals surface area (Å²) in [6.07, 6.45) is 2.78. The second-order valence-corrected chi connectivity index (χ2v) is 9.91. The molecule has 0 saturated carbocycles. The summed E-state index contributed by atoms with van der Waals surface area (Å²) in [6, 6.07) is 28.2. The van der Waals surface area contributed by atoms with E-state index >= 15 is 0 Å². The molecule has 1 N–H and O–H groups in total. The Hall–Kier alpha value is -4.72. The van der Waals surface area contributed by atoms with Gasteiger partial charge in [0.05, 0.1) is 12.6 Å². The highest BCUT2D eigenvalue weighted by molar-refractivity contribution is 5.92. The van der Waals surface area contributed by atoms with Crippen LogP contribution in [0.3, 0.4) is 0 Å². The zero-order chi connectivity index (χ0) is 28.6. The van der Waals surface area contributed by atoms with Crippen LogP contribution in [0.25, 0.3) is 0 Å². The Bertz CT molecular complexity index is 1450. The molecule has 3 aromatic carbocycles. The van der Waals surface area contributed by atoms with Crippen LogP contribution in [-0.2, 0) is 11.3 Å².